The molecule has 4 heterocycles. The lowest BCUT2D eigenvalue weighted by molar-refractivity contribution is 0.0866. The first-order valence-corrected chi connectivity index (χ1v) is 15.5. The van der Waals surface area contributed by atoms with Crippen molar-refractivity contribution in [2.45, 2.75) is 70.1 Å². The maximum Gasteiger partial charge on any atom is 0.109 e. The molecule has 1 unspecified atom stereocenters. The number of aromatic nitrogens is 4. The lowest BCUT2D eigenvalue weighted by Crippen LogP contribution is -2.46. The number of hydrogen-bond donors (Lipinski definition) is 2. The fraction of sp³-hybridized carbons (Fsp3) is 0.455. The van der Waals surface area contributed by atoms with E-state index in [-0.39, 0.29) is 17.6 Å². The number of rotatable bonds is 7. The molecule has 9 nitrogen and oxygen atoms in total. The number of pyridine rings is 1. The van der Waals surface area contributed by atoms with Gasteiger partial charge in [-0.1, -0.05) is 47.1 Å². The minimum atomic E-state index is -0.256. The Hall–Kier alpha value is -3.71. The molecule has 6 rings (SSSR count). The Morgan fingerprint density at radius 2 is 1.91 bits per heavy atom. The van der Waals surface area contributed by atoms with Gasteiger partial charge in [0.15, 0.2) is 0 Å². The SMILES string of the molecule is CC(C)(C)N1CCC(n2cc(C(Nc3cc(Cl)c4ncc(C#N)c(N[C@@H]5CCCOC5)c4c3)c3ccccc3)nn2)CC1. The number of nitriles is 1. The highest BCUT2D eigenvalue weighted by atomic mass is 35.5. The Morgan fingerprint density at radius 1 is 1.12 bits per heavy atom. The van der Waals surface area contributed by atoms with Gasteiger partial charge in [-0.3, -0.25) is 9.88 Å². The summed E-state index contributed by atoms with van der Waals surface area (Å²) in [5.41, 5.74) is 4.74. The molecular formula is C33H39ClN8O. The Labute approximate surface area is 258 Å². The molecule has 43 heavy (non-hydrogen) atoms. The number of likely N-dealkylation sites (tertiary alicyclic amines) is 1. The maximum absolute atomic E-state index is 9.92. The molecule has 2 N–H and O–H groups in total. The van der Waals surface area contributed by atoms with Crippen LogP contribution in [-0.2, 0) is 4.74 Å². The van der Waals surface area contributed by atoms with E-state index in [2.05, 4.69) is 76.0 Å². The van der Waals surface area contributed by atoms with Crippen LogP contribution in [0.25, 0.3) is 10.9 Å². The molecule has 0 radical (unpaired) electrons. The third-order valence-electron chi connectivity index (χ3n) is 8.61. The summed E-state index contributed by atoms with van der Waals surface area (Å²) in [5.74, 6) is 0. The molecule has 2 aliphatic heterocycles. The fourth-order valence-electron chi connectivity index (χ4n) is 6.18. The summed E-state index contributed by atoms with van der Waals surface area (Å²) < 4.78 is 7.73. The topological polar surface area (TPSA) is 104 Å². The van der Waals surface area contributed by atoms with Gasteiger partial charge in [-0.25, -0.2) is 4.68 Å². The van der Waals surface area contributed by atoms with E-state index in [1.807, 2.05) is 35.0 Å². The van der Waals surface area contributed by atoms with Crippen molar-refractivity contribution in [2.75, 3.05) is 36.9 Å². The number of anilines is 2. The third kappa shape index (κ3) is 6.47. The van der Waals surface area contributed by atoms with Crippen LogP contribution in [0.3, 0.4) is 0 Å². The second-order valence-corrected chi connectivity index (χ2v) is 13.0. The molecule has 0 bridgehead atoms. The van der Waals surface area contributed by atoms with Crippen molar-refractivity contribution in [1.82, 2.24) is 24.9 Å². The molecular weight excluding hydrogens is 560 g/mol. The zero-order valence-electron chi connectivity index (χ0n) is 25.1. The molecule has 2 saturated heterocycles. The van der Waals surface area contributed by atoms with Gasteiger partial charge in [0.25, 0.3) is 0 Å². The van der Waals surface area contributed by atoms with Crippen LogP contribution in [-0.4, -0.2) is 62.8 Å². The lowest BCUT2D eigenvalue weighted by Gasteiger charge is -2.40. The molecule has 0 saturated carbocycles. The minimum Gasteiger partial charge on any atom is -0.379 e. The van der Waals surface area contributed by atoms with Gasteiger partial charge in [-0.05, 0) is 64.2 Å². The van der Waals surface area contributed by atoms with Gasteiger partial charge in [0.05, 0.1) is 46.7 Å². The summed E-state index contributed by atoms with van der Waals surface area (Å²) in [4.78, 5) is 7.07. The van der Waals surface area contributed by atoms with Gasteiger partial charge in [0.1, 0.15) is 11.8 Å². The average Bonchev–Trinajstić information content (AvgIpc) is 3.51. The quantitative estimate of drug-likeness (QED) is 0.246. The normalized spacial score (nSPS) is 19.2. The number of ether oxygens (including phenoxy) is 1. The summed E-state index contributed by atoms with van der Waals surface area (Å²) in [6.07, 6.45) is 7.70. The second-order valence-electron chi connectivity index (χ2n) is 12.6. The van der Waals surface area contributed by atoms with Crippen LogP contribution in [0.1, 0.15) is 75.4 Å². The van der Waals surface area contributed by atoms with Crippen LogP contribution in [0.2, 0.25) is 5.02 Å². The van der Waals surface area contributed by atoms with Crippen LogP contribution in [0.5, 0.6) is 0 Å². The van der Waals surface area contributed by atoms with Crippen LogP contribution in [0.4, 0.5) is 11.4 Å². The largest absolute Gasteiger partial charge is 0.379 e. The van der Waals surface area contributed by atoms with E-state index in [0.29, 0.717) is 28.8 Å². The van der Waals surface area contributed by atoms with E-state index in [1.165, 1.54) is 0 Å². The van der Waals surface area contributed by atoms with Crippen LogP contribution in [0.15, 0.2) is 54.9 Å². The Balaban J connectivity index is 1.32. The van der Waals surface area contributed by atoms with Crippen LogP contribution in [0, 0.1) is 11.3 Å². The van der Waals surface area contributed by atoms with Crippen molar-refractivity contribution in [3.8, 4) is 6.07 Å². The summed E-state index contributed by atoms with van der Waals surface area (Å²) in [5, 5.41) is 27.7. The number of nitrogens with zero attached hydrogens (tertiary/aromatic N) is 6. The lowest BCUT2D eigenvalue weighted by atomic mass is 9.98. The third-order valence-corrected chi connectivity index (χ3v) is 8.90. The molecule has 224 valence electrons. The van der Waals surface area contributed by atoms with Gasteiger partial charge in [0, 0.05) is 48.5 Å². The molecule has 4 aromatic rings. The molecule has 2 aliphatic rings. The number of nitrogens with one attached hydrogen (secondary N) is 2. The first-order valence-electron chi connectivity index (χ1n) is 15.1. The van der Waals surface area contributed by atoms with Gasteiger partial charge < -0.3 is 15.4 Å². The van der Waals surface area contributed by atoms with Crippen molar-refractivity contribution in [3.63, 3.8) is 0 Å². The van der Waals surface area contributed by atoms with Crippen molar-refractivity contribution in [2.24, 2.45) is 0 Å². The zero-order valence-corrected chi connectivity index (χ0v) is 25.8. The summed E-state index contributed by atoms with van der Waals surface area (Å²) >= 11 is 6.82. The number of benzene rings is 2. The first kappa shape index (κ1) is 29.4. The van der Waals surface area contributed by atoms with E-state index in [9.17, 15) is 5.26 Å². The summed E-state index contributed by atoms with van der Waals surface area (Å²) in [6, 6.07) is 16.6. The van der Waals surface area contributed by atoms with Crippen LogP contribution >= 0.6 is 11.6 Å². The Bertz CT molecular complexity index is 1600. The Kier molecular flexibility index (Phi) is 8.53. The van der Waals surface area contributed by atoms with Crippen molar-refractivity contribution in [1.29, 1.82) is 5.26 Å². The smallest absolute Gasteiger partial charge is 0.109 e. The van der Waals surface area contributed by atoms with Crippen molar-refractivity contribution >= 4 is 33.9 Å². The molecule has 2 aromatic heterocycles. The predicted octanol–water partition coefficient (Wildman–Crippen LogP) is 6.58. The molecule has 2 fully saturated rings. The maximum atomic E-state index is 9.92. The van der Waals surface area contributed by atoms with Crippen molar-refractivity contribution in [3.05, 3.63) is 76.7 Å². The molecule has 10 heteroatoms. The highest BCUT2D eigenvalue weighted by molar-refractivity contribution is 6.35. The van der Waals surface area contributed by atoms with E-state index >= 15 is 0 Å². The standard InChI is InChI=1S/C33H39ClN8O/c1-33(2,3)41-13-11-26(12-14-41)42-20-29(39-40-42)31(22-8-5-4-6-9-22)38-25-16-27-30(37-24-10-7-15-43-21-24)23(18-35)19-36-32(27)28(34)17-25/h4-6,8-9,16-17,19-20,24,26,31,38H,7,10-15,21H2,1-3H3,(H,36,37)/t24-,31?/m1/s1. The number of halogens is 1. The van der Waals surface area contributed by atoms with Gasteiger partial charge >= 0.3 is 0 Å². The van der Waals surface area contributed by atoms with E-state index in [1.54, 1.807) is 6.20 Å². The molecule has 0 amide bonds. The molecule has 2 atom stereocenters. The Morgan fingerprint density at radius 3 is 2.60 bits per heavy atom. The molecule has 0 spiro atoms. The van der Waals surface area contributed by atoms with Gasteiger partial charge in [-0.15, -0.1) is 5.10 Å². The van der Waals surface area contributed by atoms with E-state index < -0.39 is 0 Å². The highest BCUT2D eigenvalue weighted by Crippen LogP contribution is 2.36. The minimum absolute atomic E-state index is 0.115. The second kappa shape index (κ2) is 12.5. The first-order chi connectivity index (χ1) is 20.8. The molecule has 0 aliphatic carbocycles. The van der Waals surface area contributed by atoms with Gasteiger partial charge in [-0.2, -0.15) is 5.26 Å². The zero-order chi connectivity index (χ0) is 30.0. The van der Waals surface area contributed by atoms with Crippen LogP contribution < -0.4 is 10.6 Å². The van der Waals surface area contributed by atoms with E-state index in [0.717, 1.165) is 73.4 Å². The number of hydrogen-bond acceptors (Lipinski definition) is 8. The average molecular weight is 599 g/mol. The predicted molar refractivity (Wildman–Crippen MR) is 170 cm³/mol. The van der Waals surface area contributed by atoms with Crippen molar-refractivity contribution < 1.29 is 4.74 Å². The summed E-state index contributed by atoms with van der Waals surface area (Å²) in [7, 11) is 0. The molecule has 2 aromatic carbocycles. The number of piperidine rings is 1. The number of fused-ring (bicyclic) bond motifs is 1. The van der Waals surface area contributed by atoms with Gasteiger partial charge in [0.2, 0.25) is 0 Å². The monoisotopic (exact) mass is 598 g/mol. The summed E-state index contributed by atoms with van der Waals surface area (Å²) in [6.45, 7) is 10.3. The fourth-order valence-corrected chi connectivity index (χ4v) is 6.45. The van der Waals surface area contributed by atoms with E-state index in [4.69, 9.17) is 16.3 Å². The highest BCUT2D eigenvalue weighted by Gasteiger charge is 2.29.